The van der Waals surface area contributed by atoms with E-state index in [4.69, 9.17) is 15.2 Å². The Morgan fingerprint density at radius 2 is 2.06 bits per heavy atom. The van der Waals surface area contributed by atoms with Crippen LogP contribution in [-0.4, -0.2) is 20.3 Å². The van der Waals surface area contributed by atoms with Crippen LogP contribution in [0.2, 0.25) is 0 Å². The Balaban J connectivity index is 2.01. The van der Waals surface area contributed by atoms with E-state index in [2.05, 4.69) is 0 Å². The van der Waals surface area contributed by atoms with Gasteiger partial charge < -0.3 is 15.2 Å². The molecular formula is C14H21NO2. The van der Waals surface area contributed by atoms with Crippen molar-refractivity contribution >= 4 is 0 Å². The van der Waals surface area contributed by atoms with Crippen molar-refractivity contribution in [1.82, 2.24) is 0 Å². The first-order valence-corrected chi connectivity index (χ1v) is 6.21. The molecule has 1 aliphatic rings. The summed E-state index contributed by atoms with van der Waals surface area (Å²) < 4.78 is 10.6. The monoisotopic (exact) mass is 235 g/mol. The Morgan fingerprint density at radius 3 is 2.65 bits per heavy atom. The van der Waals surface area contributed by atoms with E-state index in [1.165, 1.54) is 18.4 Å². The molecule has 1 unspecified atom stereocenters. The molecule has 94 valence electrons. The molecule has 0 spiro atoms. The van der Waals surface area contributed by atoms with Gasteiger partial charge in [-0.2, -0.15) is 0 Å². The Kier molecular flexibility index (Phi) is 3.89. The average molecular weight is 235 g/mol. The summed E-state index contributed by atoms with van der Waals surface area (Å²) in [6.45, 7) is 0. The van der Waals surface area contributed by atoms with E-state index in [0.29, 0.717) is 6.04 Å². The van der Waals surface area contributed by atoms with Crippen molar-refractivity contribution in [2.45, 2.75) is 31.7 Å². The molecule has 0 bridgehead atoms. The van der Waals surface area contributed by atoms with Gasteiger partial charge in [-0.3, -0.25) is 0 Å². The minimum Gasteiger partial charge on any atom is -0.497 e. The topological polar surface area (TPSA) is 44.5 Å². The molecule has 3 heteroatoms. The molecule has 1 fully saturated rings. The molecule has 2 N–H and O–H groups in total. The number of hydrogen-bond donors (Lipinski definition) is 1. The maximum absolute atomic E-state index is 6.12. The van der Waals surface area contributed by atoms with Crippen LogP contribution in [0.3, 0.4) is 0 Å². The third-order valence-corrected chi connectivity index (χ3v) is 3.46. The Morgan fingerprint density at radius 1 is 1.29 bits per heavy atom. The maximum Gasteiger partial charge on any atom is 0.122 e. The second-order valence-electron chi connectivity index (χ2n) is 4.72. The fraction of sp³-hybridized carbons (Fsp3) is 0.571. The Hall–Kier alpha value is -1.22. The third kappa shape index (κ3) is 3.13. The van der Waals surface area contributed by atoms with Crippen molar-refractivity contribution in [2.75, 3.05) is 14.2 Å². The number of rotatable bonds is 6. The highest BCUT2D eigenvalue weighted by atomic mass is 16.5. The summed E-state index contributed by atoms with van der Waals surface area (Å²) in [5.74, 6) is 2.56. The molecule has 0 amide bonds. The summed E-state index contributed by atoms with van der Waals surface area (Å²) in [5.41, 5.74) is 7.30. The lowest BCUT2D eigenvalue weighted by Crippen LogP contribution is -2.22. The molecule has 0 aromatic heterocycles. The zero-order chi connectivity index (χ0) is 12.3. The van der Waals surface area contributed by atoms with Crippen molar-refractivity contribution in [3.63, 3.8) is 0 Å². The fourth-order valence-corrected chi connectivity index (χ4v) is 2.16. The number of aryl methyl sites for hydroxylation is 1. The molecule has 0 saturated heterocycles. The van der Waals surface area contributed by atoms with Gasteiger partial charge >= 0.3 is 0 Å². The van der Waals surface area contributed by atoms with Crippen LogP contribution in [0.4, 0.5) is 0 Å². The van der Waals surface area contributed by atoms with E-state index >= 15 is 0 Å². The largest absolute Gasteiger partial charge is 0.497 e. The summed E-state index contributed by atoms with van der Waals surface area (Å²) in [5, 5.41) is 0. The predicted octanol–water partition coefficient (Wildman–Crippen LogP) is 2.37. The first kappa shape index (κ1) is 12.2. The summed E-state index contributed by atoms with van der Waals surface area (Å²) in [4.78, 5) is 0. The summed E-state index contributed by atoms with van der Waals surface area (Å²) >= 11 is 0. The number of ether oxygens (including phenoxy) is 2. The zero-order valence-electron chi connectivity index (χ0n) is 10.6. The highest BCUT2D eigenvalue weighted by Gasteiger charge is 2.28. The van der Waals surface area contributed by atoms with Gasteiger partial charge in [-0.25, -0.2) is 0 Å². The van der Waals surface area contributed by atoms with Crippen molar-refractivity contribution in [1.29, 1.82) is 0 Å². The van der Waals surface area contributed by atoms with Crippen LogP contribution in [0, 0.1) is 5.92 Å². The number of benzene rings is 1. The third-order valence-electron chi connectivity index (χ3n) is 3.46. The Bertz CT molecular complexity index is 374. The molecule has 0 heterocycles. The van der Waals surface area contributed by atoms with E-state index in [0.717, 1.165) is 30.3 Å². The van der Waals surface area contributed by atoms with Gasteiger partial charge in [0.05, 0.1) is 14.2 Å². The van der Waals surface area contributed by atoms with E-state index in [9.17, 15) is 0 Å². The van der Waals surface area contributed by atoms with Crippen LogP contribution in [0.5, 0.6) is 11.5 Å². The molecule has 1 aliphatic carbocycles. The summed E-state index contributed by atoms with van der Waals surface area (Å²) in [6, 6.07) is 6.25. The van der Waals surface area contributed by atoms with E-state index < -0.39 is 0 Å². The lowest BCUT2D eigenvalue weighted by Gasteiger charge is -2.13. The van der Waals surface area contributed by atoms with Gasteiger partial charge in [-0.15, -0.1) is 0 Å². The molecule has 1 aromatic rings. The van der Waals surface area contributed by atoms with E-state index in [-0.39, 0.29) is 0 Å². The van der Waals surface area contributed by atoms with Gasteiger partial charge in [0.2, 0.25) is 0 Å². The molecule has 17 heavy (non-hydrogen) atoms. The smallest absolute Gasteiger partial charge is 0.122 e. The number of methoxy groups -OCH3 is 2. The van der Waals surface area contributed by atoms with Gasteiger partial charge in [0.15, 0.2) is 0 Å². The molecule has 1 saturated carbocycles. The van der Waals surface area contributed by atoms with Gasteiger partial charge in [0, 0.05) is 6.04 Å². The number of nitrogens with two attached hydrogens (primary N) is 1. The normalized spacial score (nSPS) is 16.6. The highest BCUT2D eigenvalue weighted by Crippen LogP contribution is 2.34. The van der Waals surface area contributed by atoms with Gasteiger partial charge in [-0.1, -0.05) is 0 Å². The van der Waals surface area contributed by atoms with Crippen LogP contribution >= 0.6 is 0 Å². The fourth-order valence-electron chi connectivity index (χ4n) is 2.16. The molecule has 0 radical (unpaired) electrons. The molecule has 3 nitrogen and oxygen atoms in total. The molecule has 1 atom stereocenters. The minimum atomic E-state index is 0.339. The molecule has 0 aliphatic heterocycles. The quantitative estimate of drug-likeness (QED) is 0.823. The first-order chi connectivity index (χ1) is 8.24. The lowest BCUT2D eigenvalue weighted by atomic mass is 10.0. The van der Waals surface area contributed by atoms with Crippen LogP contribution in [0.15, 0.2) is 18.2 Å². The SMILES string of the molecule is COc1ccc(OC)c(CCC(N)C2CC2)c1. The lowest BCUT2D eigenvalue weighted by molar-refractivity contribution is 0.397. The van der Waals surface area contributed by atoms with E-state index in [1.807, 2.05) is 18.2 Å². The van der Waals surface area contributed by atoms with Gasteiger partial charge in [0.1, 0.15) is 11.5 Å². The maximum atomic E-state index is 6.12. The second-order valence-corrected chi connectivity index (χ2v) is 4.72. The zero-order valence-corrected chi connectivity index (χ0v) is 10.6. The highest BCUT2D eigenvalue weighted by molar-refractivity contribution is 5.40. The standard InChI is InChI=1S/C14H21NO2/c1-16-12-6-8-14(17-2)11(9-12)5-7-13(15)10-3-4-10/h6,8-10,13H,3-5,7,15H2,1-2H3. The molecular weight excluding hydrogens is 214 g/mol. The number of hydrogen-bond acceptors (Lipinski definition) is 3. The Labute approximate surface area is 103 Å². The second kappa shape index (κ2) is 5.41. The van der Waals surface area contributed by atoms with Crippen molar-refractivity contribution in [2.24, 2.45) is 11.7 Å². The van der Waals surface area contributed by atoms with Crippen LogP contribution in [0.1, 0.15) is 24.8 Å². The predicted molar refractivity (Wildman–Crippen MR) is 68.6 cm³/mol. The average Bonchev–Trinajstić information content (AvgIpc) is 3.19. The van der Waals surface area contributed by atoms with Gasteiger partial charge in [0.25, 0.3) is 0 Å². The van der Waals surface area contributed by atoms with Crippen molar-refractivity contribution in [3.05, 3.63) is 23.8 Å². The van der Waals surface area contributed by atoms with Gasteiger partial charge in [-0.05, 0) is 55.4 Å². The van der Waals surface area contributed by atoms with Crippen LogP contribution in [0.25, 0.3) is 0 Å². The summed E-state index contributed by atoms with van der Waals surface area (Å²) in [6.07, 6.45) is 4.58. The summed E-state index contributed by atoms with van der Waals surface area (Å²) in [7, 11) is 3.38. The van der Waals surface area contributed by atoms with Crippen molar-refractivity contribution in [3.8, 4) is 11.5 Å². The van der Waals surface area contributed by atoms with Crippen LogP contribution in [-0.2, 0) is 6.42 Å². The van der Waals surface area contributed by atoms with Crippen molar-refractivity contribution < 1.29 is 9.47 Å². The molecule has 1 aromatic carbocycles. The van der Waals surface area contributed by atoms with E-state index in [1.54, 1.807) is 14.2 Å². The van der Waals surface area contributed by atoms with Crippen LogP contribution < -0.4 is 15.2 Å². The molecule has 2 rings (SSSR count). The minimum absolute atomic E-state index is 0.339. The first-order valence-electron chi connectivity index (χ1n) is 6.21.